The molecule has 0 aliphatic carbocycles. The summed E-state index contributed by atoms with van der Waals surface area (Å²) in [5, 5.41) is 11.7. The van der Waals surface area contributed by atoms with Crippen molar-refractivity contribution >= 4 is 18.0 Å². The summed E-state index contributed by atoms with van der Waals surface area (Å²) in [6.07, 6.45) is 0.303. The maximum atomic E-state index is 12.1. The van der Waals surface area contributed by atoms with Crippen molar-refractivity contribution in [2.24, 2.45) is 0 Å². The fraction of sp³-hybridized carbons (Fsp3) is 0.526. The van der Waals surface area contributed by atoms with Crippen LogP contribution in [0.4, 0.5) is 4.79 Å². The van der Waals surface area contributed by atoms with E-state index in [1.807, 2.05) is 0 Å². The molecule has 0 fully saturated rings. The molecule has 0 radical (unpaired) electrons. The van der Waals surface area contributed by atoms with Gasteiger partial charge in [-0.3, -0.25) is 0 Å². The largest absolute Gasteiger partial charge is 0.465 e. The third-order valence-electron chi connectivity index (χ3n) is 3.58. The number of amides is 1. The van der Waals surface area contributed by atoms with E-state index >= 15 is 0 Å². The van der Waals surface area contributed by atoms with Crippen molar-refractivity contribution in [1.82, 2.24) is 5.32 Å². The van der Waals surface area contributed by atoms with Gasteiger partial charge in [0.1, 0.15) is 5.60 Å². The minimum atomic E-state index is -0.692. The molecule has 0 spiro atoms. The maximum Gasteiger partial charge on any atom is 0.407 e. The van der Waals surface area contributed by atoms with E-state index in [4.69, 9.17) is 19.3 Å². The number of hydrogen-bond acceptors (Lipinski definition) is 7. The number of alkyl carbamates (subject to hydrolysis) is 1. The van der Waals surface area contributed by atoms with E-state index in [2.05, 4.69) is 5.32 Å². The van der Waals surface area contributed by atoms with Crippen molar-refractivity contribution in [3.05, 3.63) is 34.4 Å². The van der Waals surface area contributed by atoms with Crippen LogP contribution in [-0.4, -0.2) is 49.6 Å². The SMILES string of the molecule is COC(=O)c1cc(CCCO)c(CNC(=O)OC(C)(C)C)cc1C(=O)OC. The number of hydrogen-bond donors (Lipinski definition) is 2. The molecule has 0 heterocycles. The summed E-state index contributed by atoms with van der Waals surface area (Å²) < 4.78 is 14.7. The lowest BCUT2D eigenvalue weighted by Gasteiger charge is -2.20. The number of aliphatic hydroxyl groups excluding tert-OH is 1. The second-order valence-electron chi connectivity index (χ2n) is 6.83. The van der Waals surface area contributed by atoms with Crippen molar-refractivity contribution < 1.29 is 33.7 Å². The normalized spacial score (nSPS) is 10.9. The monoisotopic (exact) mass is 381 g/mol. The van der Waals surface area contributed by atoms with Crippen LogP contribution in [0.5, 0.6) is 0 Å². The molecule has 150 valence electrons. The van der Waals surface area contributed by atoms with Crippen LogP contribution in [0.1, 0.15) is 59.0 Å². The van der Waals surface area contributed by atoms with Gasteiger partial charge in [0, 0.05) is 13.2 Å². The Morgan fingerprint density at radius 3 is 1.96 bits per heavy atom. The predicted molar refractivity (Wildman–Crippen MR) is 97.6 cm³/mol. The molecular weight excluding hydrogens is 354 g/mol. The van der Waals surface area contributed by atoms with E-state index in [0.717, 1.165) is 0 Å². The highest BCUT2D eigenvalue weighted by Gasteiger charge is 2.22. The summed E-state index contributed by atoms with van der Waals surface area (Å²) in [5.41, 5.74) is 0.780. The van der Waals surface area contributed by atoms with Crippen LogP contribution in [0.2, 0.25) is 0 Å². The molecule has 0 atom stereocenters. The quantitative estimate of drug-likeness (QED) is 0.550. The third-order valence-corrected chi connectivity index (χ3v) is 3.58. The number of benzene rings is 1. The first-order valence-electron chi connectivity index (χ1n) is 8.53. The number of esters is 2. The first-order valence-corrected chi connectivity index (χ1v) is 8.53. The van der Waals surface area contributed by atoms with Crippen LogP contribution in [0.3, 0.4) is 0 Å². The summed E-state index contributed by atoms with van der Waals surface area (Å²) in [7, 11) is 2.43. The molecule has 1 amide bonds. The summed E-state index contributed by atoms with van der Waals surface area (Å²) >= 11 is 0. The van der Waals surface area contributed by atoms with Crippen molar-refractivity contribution in [1.29, 1.82) is 0 Å². The highest BCUT2D eigenvalue weighted by Crippen LogP contribution is 2.21. The average molecular weight is 381 g/mol. The minimum Gasteiger partial charge on any atom is -0.465 e. The van der Waals surface area contributed by atoms with E-state index in [-0.39, 0.29) is 24.3 Å². The van der Waals surface area contributed by atoms with Crippen LogP contribution in [0.25, 0.3) is 0 Å². The second-order valence-corrected chi connectivity index (χ2v) is 6.83. The number of aliphatic hydroxyl groups is 1. The molecule has 0 aliphatic heterocycles. The second kappa shape index (κ2) is 9.91. The van der Waals surface area contributed by atoms with Crippen LogP contribution in [-0.2, 0) is 27.2 Å². The van der Waals surface area contributed by atoms with Gasteiger partial charge in [0.05, 0.1) is 25.3 Å². The van der Waals surface area contributed by atoms with E-state index in [0.29, 0.717) is 24.0 Å². The van der Waals surface area contributed by atoms with E-state index < -0.39 is 23.6 Å². The molecule has 1 aromatic rings. The fourth-order valence-electron chi connectivity index (χ4n) is 2.40. The van der Waals surface area contributed by atoms with Gasteiger partial charge < -0.3 is 24.6 Å². The number of carbonyl (C=O) groups excluding carboxylic acids is 3. The minimum absolute atomic E-state index is 0.0365. The van der Waals surface area contributed by atoms with E-state index in [1.165, 1.54) is 26.4 Å². The van der Waals surface area contributed by atoms with Crippen LogP contribution >= 0.6 is 0 Å². The lowest BCUT2D eigenvalue weighted by atomic mass is 9.95. The van der Waals surface area contributed by atoms with Crippen LogP contribution < -0.4 is 5.32 Å². The fourth-order valence-corrected chi connectivity index (χ4v) is 2.40. The summed E-state index contributed by atoms with van der Waals surface area (Å²) in [6, 6.07) is 3.02. The molecule has 1 rings (SSSR count). The lowest BCUT2D eigenvalue weighted by Crippen LogP contribution is -2.32. The number of aryl methyl sites for hydroxylation is 1. The van der Waals surface area contributed by atoms with Crippen LogP contribution in [0, 0.1) is 0 Å². The smallest absolute Gasteiger partial charge is 0.407 e. The van der Waals surface area contributed by atoms with Gasteiger partial charge in [0.25, 0.3) is 0 Å². The molecule has 0 unspecified atom stereocenters. The highest BCUT2D eigenvalue weighted by atomic mass is 16.6. The molecule has 0 saturated carbocycles. The third kappa shape index (κ3) is 6.90. The number of methoxy groups -OCH3 is 2. The Hall–Kier alpha value is -2.61. The standard InChI is InChI=1S/C19H27NO7/c1-19(2,3)27-18(24)20-11-13-10-15(17(23)26-5)14(16(22)25-4)9-12(13)7-6-8-21/h9-10,21H,6-8,11H2,1-5H3,(H,20,24). The van der Waals surface area contributed by atoms with Gasteiger partial charge in [0.15, 0.2) is 0 Å². The Balaban J connectivity index is 3.23. The number of carbonyl (C=O) groups is 3. The zero-order valence-corrected chi connectivity index (χ0v) is 16.4. The highest BCUT2D eigenvalue weighted by molar-refractivity contribution is 6.03. The van der Waals surface area contributed by atoms with Crippen molar-refractivity contribution in [2.45, 2.75) is 45.8 Å². The molecular formula is C19H27NO7. The van der Waals surface area contributed by atoms with Gasteiger partial charge in [-0.15, -0.1) is 0 Å². The molecule has 8 nitrogen and oxygen atoms in total. The zero-order chi connectivity index (χ0) is 20.6. The Labute approximate surface area is 158 Å². The molecule has 2 N–H and O–H groups in total. The summed E-state index contributed by atoms with van der Waals surface area (Å²) in [6.45, 7) is 5.30. The molecule has 1 aromatic carbocycles. The number of ether oxygens (including phenoxy) is 3. The molecule has 0 bridgehead atoms. The first-order chi connectivity index (χ1) is 12.6. The van der Waals surface area contributed by atoms with Gasteiger partial charge >= 0.3 is 18.0 Å². The summed E-state index contributed by atoms with van der Waals surface area (Å²) in [4.78, 5) is 36.0. The Morgan fingerprint density at radius 1 is 1.00 bits per heavy atom. The molecule has 8 heteroatoms. The topological polar surface area (TPSA) is 111 Å². The maximum absolute atomic E-state index is 12.1. The van der Waals surface area contributed by atoms with Crippen molar-refractivity contribution in [2.75, 3.05) is 20.8 Å². The molecule has 0 saturated heterocycles. The zero-order valence-electron chi connectivity index (χ0n) is 16.4. The van der Waals surface area contributed by atoms with Gasteiger partial charge in [-0.05, 0) is 56.9 Å². The van der Waals surface area contributed by atoms with E-state index in [9.17, 15) is 14.4 Å². The average Bonchev–Trinajstić information content (AvgIpc) is 2.61. The van der Waals surface area contributed by atoms with Crippen LogP contribution in [0.15, 0.2) is 12.1 Å². The van der Waals surface area contributed by atoms with Gasteiger partial charge in [0.2, 0.25) is 0 Å². The molecule has 27 heavy (non-hydrogen) atoms. The number of rotatable bonds is 7. The molecule has 0 aliphatic rings. The Kier molecular flexibility index (Phi) is 8.24. The van der Waals surface area contributed by atoms with Crippen molar-refractivity contribution in [3.8, 4) is 0 Å². The number of nitrogens with one attached hydrogen (secondary N) is 1. The Morgan fingerprint density at radius 2 is 1.52 bits per heavy atom. The van der Waals surface area contributed by atoms with Crippen molar-refractivity contribution in [3.63, 3.8) is 0 Å². The van der Waals surface area contributed by atoms with Gasteiger partial charge in [-0.1, -0.05) is 0 Å². The Bertz CT molecular complexity index is 692. The van der Waals surface area contributed by atoms with Gasteiger partial charge in [-0.25, -0.2) is 14.4 Å². The predicted octanol–water partition coefficient (Wildman–Crippen LogP) is 2.21. The first kappa shape index (κ1) is 22.4. The van der Waals surface area contributed by atoms with Gasteiger partial charge in [-0.2, -0.15) is 0 Å². The molecule has 0 aromatic heterocycles. The van der Waals surface area contributed by atoms with E-state index in [1.54, 1.807) is 20.8 Å². The lowest BCUT2D eigenvalue weighted by molar-refractivity contribution is 0.0521. The summed E-state index contributed by atoms with van der Waals surface area (Å²) in [5.74, 6) is -1.37.